The fourth-order valence-electron chi connectivity index (χ4n) is 4.58. The number of hydrogen-bond donors (Lipinski definition) is 0. The minimum atomic E-state index is -0.237. The Labute approximate surface area is 177 Å². The highest BCUT2D eigenvalue weighted by Gasteiger charge is 2.59. The molecular formula is C23H19BrN2O3. The number of carbonyl (C=O) groups is 2. The van der Waals surface area contributed by atoms with Crippen LogP contribution in [0, 0.1) is 23.7 Å². The number of hydrazone groups is 1. The second kappa shape index (κ2) is 7.26. The van der Waals surface area contributed by atoms with Crippen molar-refractivity contribution in [2.45, 2.75) is 13.0 Å². The maximum Gasteiger partial charge on any atom is 0.254 e. The monoisotopic (exact) mass is 450 g/mol. The molecule has 4 atom stereocenters. The Hall–Kier alpha value is -2.73. The first-order valence-corrected chi connectivity index (χ1v) is 10.5. The molecule has 1 heterocycles. The molecular weight excluding hydrogens is 432 g/mol. The molecule has 2 aromatic rings. The van der Waals surface area contributed by atoms with Crippen molar-refractivity contribution in [3.05, 3.63) is 76.3 Å². The Morgan fingerprint density at radius 3 is 2.34 bits per heavy atom. The lowest BCUT2D eigenvalue weighted by Crippen LogP contribution is -2.28. The van der Waals surface area contributed by atoms with E-state index in [4.69, 9.17) is 4.74 Å². The van der Waals surface area contributed by atoms with Crippen molar-refractivity contribution in [3.8, 4) is 5.75 Å². The first-order chi connectivity index (χ1) is 14.1. The van der Waals surface area contributed by atoms with Crippen LogP contribution >= 0.6 is 15.9 Å². The zero-order valence-corrected chi connectivity index (χ0v) is 17.2. The van der Waals surface area contributed by atoms with Crippen LogP contribution in [0.5, 0.6) is 5.75 Å². The Kier molecular flexibility index (Phi) is 4.59. The summed E-state index contributed by atoms with van der Waals surface area (Å²) in [6, 6.07) is 15.4. The van der Waals surface area contributed by atoms with Crippen LogP contribution in [0.15, 0.2) is 70.3 Å². The minimum Gasteiger partial charge on any atom is -0.488 e. The second-order valence-corrected chi connectivity index (χ2v) is 8.60. The summed E-state index contributed by atoms with van der Waals surface area (Å²) in [7, 11) is 0. The van der Waals surface area contributed by atoms with Gasteiger partial charge in [-0.2, -0.15) is 10.1 Å². The first kappa shape index (κ1) is 18.3. The van der Waals surface area contributed by atoms with Crippen molar-refractivity contribution in [3.63, 3.8) is 0 Å². The average molecular weight is 451 g/mol. The van der Waals surface area contributed by atoms with E-state index in [9.17, 15) is 9.59 Å². The van der Waals surface area contributed by atoms with Gasteiger partial charge in [0.05, 0.1) is 18.1 Å². The van der Waals surface area contributed by atoms with Gasteiger partial charge in [-0.25, -0.2) is 0 Å². The molecule has 0 N–H and O–H groups in total. The number of hydrogen-bond acceptors (Lipinski definition) is 4. The van der Waals surface area contributed by atoms with E-state index in [0.717, 1.165) is 27.0 Å². The van der Waals surface area contributed by atoms with E-state index in [-0.39, 0.29) is 35.5 Å². The molecule has 146 valence electrons. The van der Waals surface area contributed by atoms with Gasteiger partial charge in [0.1, 0.15) is 12.4 Å². The summed E-state index contributed by atoms with van der Waals surface area (Å²) in [6.45, 7) is 0.416. The summed E-state index contributed by atoms with van der Waals surface area (Å²) in [5, 5.41) is 5.32. The molecule has 2 bridgehead atoms. The van der Waals surface area contributed by atoms with E-state index in [1.807, 2.05) is 48.5 Å². The molecule has 0 radical (unpaired) electrons. The molecule has 2 aliphatic carbocycles. The number of halogens is 1. The van der Waals surface area contributed by atoms with Crippen LogP contribution < -0.4 is 4.74 Å². The van der Waals surface area contributed by atoms with Crippen LogP contribution in [0.25, 0.3) is 0 Å². The van der Waals surface area contributed by atoms with E-state index in [2.05, 4.69) is 33.2 Å². The van der Waals surface area contributed by atoms with Crippen LogP contribution in [0.4, 0.5) is 0 Å². The number of amides is 2. The molecule has 3 aliphatic rings. The highest BCUT2D eigenvalue weighted by molar-refractivity contribution is 9.10. The van der Waals surface area contributed by atoms with Gasteiger partial charge in [0.25, 0.3) is 11.8 Å². The van der Waals surface area contributed by atoms with Crippen molar-refractivity contribution in [2.24, 2.45) is 28.8 Å². The van der Waals surface area contributed by atoms with Gasteiger partial charge in [0.2, 0.25) is 0 Å². The number of nitrogens with zero attached hydrogens (tertiary/aromatic N) is 2. The summed E-state index contributed by atoms with van der Waals surface area (Å²) in [4.78, 5) is 25.5. The van der Waals surface area contributed by atoms with Crippen LogP contribution in [0.2, 0.25) is 0 Å². The molecule has 4 unspecified atom stereocenters. The van der Waals surface area contributed by atoms with Gasteiger partial charge in [-0.3, -0.25) is 9.59 Å². The summed E-state index contributed by atoms with van der Waals surface area (Å²) < 4.78 is 6.96. The SMILES string of the molecule is O=C1C2C3C=CC(C3)C2C(=O)N1N=Cc1ccccc1OCc1ccc(Br)cc1. The lowest BCUT2D eigenvalue weighted by molar-refractivity contribution is -0.140. The summed E-state index contributed by atoms with van der Waals surface area (Å²) in [6.07, 6.45) is 6.62. The van der Waals surface area contributed by atoms with Crippen LogP contribution in [0.3, 0.4) is 0 Å². The molecule has 0 aromatic heterocycles. The van der Waals surface area contributed by atoms with Gasteiger partial charge < -0.3 is 4.74 Å². The van der Waals surface area contributed by atoms with E-state index >= 15 is 0 Å². The Balaban J connectivity index is 1.32. The summed E-state index contributed by atoms with van der Waals surface area (Å²) >= 11 is 3.42. The number of fused-ring (bicyclic) bond motifs is 5. The molecule has 6 heteroatoms. The molecule has 1 aliphatic heterocycles. The van der Waals surface area contributed by atoms with Gasteiger partial charge in [-0.1, -0.05) is 52.3 Å². The molecule has 1 saturated carbocycles. The van der Waals surface area contributed by atoms with Crippen molar-refractivity contribution < 1.29 is 14.3 Å². The Bertz CT molecular complexity index is 1000. The van der Waals surface area contributed by atoms with E-state index in [0.29, 0.717) is 12.4 Å². The van der Waals surface area contributed by atoms with E-state index in [1.54, 1.807) is 6.21 Å². The molecule has 1 saturated heterocycles. The number of imide groups is 1. The number of allylic oxidation sites excluding steroid dienone is 2. The third-order valence-corrected chi connectivity index (χ3v) is 6.51. The molecule has 2 aromatic carbocycles. The molecule has 5 rings (SSSR count). The van der Waals surface area contributed by atoms with Crippen LogP contribution in [-0.4, -0.2) is 23.0 Å². The zero-order valence-electron chi connectivity index (χ0n) is 15.6. The van der Waals surface area contributed by atoms with Gasteiger partial charge in [0, 0.05) is 10.0 Å². The normalized spacial score (nSPS) is 27.3. The zero-order chi connectivity index (χ0) is 20.0. The Morgan fingerprint density at radius 2 is 1.66 bits per heavy atom. The third-order valence-electron chi connectivity index (χ3n) is 5.99. The largest absolute Gasteiger partial charge is 0.488 e. The minimum absolute atomic E-state index is 0.179. The average Bonchev–Trinajstić information content (AvgIpc) is 3.41. The quantitative estimate of drug-likeness (QED) is 0.390. The number of para-hydroxylation sites is 1. The first-order valence-electron chi connectivity index (χ1n) is 9.68. The predicted molar refractivity (Wildman–Crippen MR) is 112 cm³/mol. The van der Waals surface area contributed by atoms with Crippen LogP contribution in [0.1, 0.15) is 17.5 Å². The van der Waals surface area contributed by atoms with Crippen molar-refractivity contribution >= 4 is 34.0 Å². The predicted octanol–water partition coefficient (Wildman–Crippen LogP) is 4.17. The summed E-state index contributed by atoms with van der Waals surface area (Å²) in [5.74, 6) is 0.186. The maximum atomic E-state index is 12.8. The second-order valence-electron chi connectivity index (χ2n) is 7.69. The van der Waals surface area contributed by atoms with Crippen LogP contribution in [-0.2, 0) is 16.2 Å². The van der Waals surface area contributed by atoms with Crippen molar-refractivity contribution in [1.82, 2.24) is 5.01 Å². The number of ether oxygens (including phenoxy) is 1. The highest BCUT2D eigenvalue weighted by atomic mass is 79.9. The van der Waals surface area contributed by atoms with Gasteiger partial charge >= 0.3 is 0 Å². The topological polar surface area (TPSA) is 59.0 Å². The van der Waals surface area contributed by atoms with E-state index < -0.39 is 0 Å². The van der Waals surface area contributed by atoms with Crippen molar-refractivity contribution in [2.75, 3.05) is 0 Å². The molecule has 0 spiro atoms. The lowest BCUT2D eigenvalue weighted by Gasteiger charge is -2.13. The molecule has 2 fully saturated rings. The number of rotatable bonds is 5. The lowest BCUT2D eigenvalue weighted by atomic mass is 9.85. The fraction of sp³-hybridized carbons (Fsp3) is 0.261. The number of carbonyl (C=O) groups excluding carboxylic acids is 2. The number of benzene rings is 2. The highest BCUT2D eigenvalue weighted by Crippen LogP contribution is 2.52. The molecule has 2 amide bonds. The standard InChI is InChI=1S/C23H19BrN2O3/c24-18-9-5-14(6-10-18)13-29-19-4-2-1-3-17(19)12-25-26-22(27)20-15-7-8-16(11-15)21(20)23(26)28/h1-10,12,15-16,20-21H,11,13H2. The van der Waals surface area contributed by atoms with Gasteiger partial charge in [-0.15, -0.1) is 0 Å². The smallest absolute Gasteiger partial charge is 0.254 e. The third kappa shape index (κ3) is 3.21. The molecule has 5 nitrogen and oxygen atoms in total. The maximum absolute atomic E-state index is 12.8. The Morgan fingerprint density at radius 1 is 1.00 bits per heavy atom. The summed E-state index contributed by atoms with van der Waals surface area (Å²) in [5.41, 5.74) is 1.77. The van der Waals surface area contributed by atoms with Gasteiger partial charge in [0.15, 0.2) is 0 Å². The fourth-order valence-corrected chi connectivity index (χ4v) is 4.85. The van der Waals surface area contributed by atoms with E-state index in [1.165, 1.54) is 0 Å². The van der Waals surface area contributed by atoms with Gasteiger partial charge in [-0.05, 0) is 48.1 Å². The van der Waals surface area contributed by atoms with Crippen molar-refractivity contribution in [1.29, 1.82) is 0 Å². The molecule has 29 heavy (non-hydrogen) atoms.